The first kappa shape index (κ1) is 21.6. The van der Waals surface area contributed by atoms with E-state index in [-0.39, 0.29) is 11.8 Å². The fourth-order valence-corrected chi connectivity index (χ4v) is 4.46. The van der Waals surface area contributed by atoms with Crippen LogP contribution in [0.1, 0.15) is 23.5 Å². The van der Waals surface area contributed by atoms with Gasteiger partial charge >= 0.3 is 5.97 Å². The molecule has 1 aliphatic heterocycles. The molecule has 0 bridgehead atoms. The zero-order valence-corrected chi connectivity index (χ0v) is 18.9. The van der Waals surface area contributed by atoms with Crippen LogP contribution in [0.5, 0.6) is 23.0 Å². The highest BCUT2D eigenvalue weighted by atomic mass is 16.5. The normalized spacial score (nSPS) is 14.9. The maximum Gasteiger partial charge on any atom is 0.312 e. The molecule has 0 aliphatic carbocycles. The molecule has 0 radical (unpaired) electrons. The van der Waals surface area contributed by atoms with E-state index in [9.17, 15) is 9.59 Å². The molecule has 0 fully saturated rings. The number of carbonyl (C=O) groups is 1. The Labute approximate surface area is 195 Å². The molecule has 1 aromatic heterocycles. The van der Waals surface area contributed by atoms with E-state index in [0.29, 0.717) is 50.7 Å². The molecular formula is C27H22O7. The molecule has 0 saturated carbocycles. The molecule has 7 nitrogen and oxygen atoms in total. The maximum absolute atomic E-state index is 13.4. The van der Waals surface area contributed by atoms with Crippen molar-refractivity contribution in [3.8, 4) is 34.1 Å². The summed E-state index contributed by atoms with van der Waals surface area (Å²) in [5, 5.41) is 0.405. The highest BCUT2D eigenvalue weighted by molar-refractivity contribution is 5.90. The molecule has 0 spiro atoms. The Morgan fingerprint density at radius 1 is 0.853 bits per heavy atom. The van der Waals surface area contributed by atoms with E-state index in [4.69, 9.17) is 23.4 Å². The van der Waals surface area contributed by atoms with Crippen molar-refractivity contribution in [1.82, 2.24) is 0 Å². The molecule has 34 heavy (non-hydrogen) atoms. The molecule has 4 aromatic rings. The van der Waals surface area contributed by atoms with Crippen molar-refractivity contribution in [2.24, 2.45) is 0 Å². The zero-order valence-electron chi connectivity index (χ0n) is 18.9. The standard InChI is InChI=1S/C27H22O7/c1-30-21-13-23(32-3)22(31-2)11-17(21)18-12-24(28)34-20-10-9-16-26(29)19(14-33-27(16)25(18)20)15-7-5-4-6-8-15/h4-11,13-14,18H,12H2,1-3H3/t18-/m0/s1. The van der Waals surface area contributed by atoms with Gasteiger partial charge in [0.05, 0.1) is 38.7 Å². The molecule has 7 heteroatoms. The quantitative estimate of drug-likeness (QED) is 0.310. The molecule has 0 saturated heterocycles. The predicted octanol–water partition coefficient (Wildman–Crippen LogP) is 4.93. The highest BCUT2D eigenvalue weighted by Gasteiger charge is 2.34. The van der Waals surface area contributed by atoms with Crippen LogP contribution in [0.4, 0.5) is 0 Å². The van der Waals surface area contributed by atoms with Crippen molar-refractivity contribution in [3.63, 3.8) is 0 Å². The fourth-order valence-electron chi connectivity index (χ4n) is 4.46. The number of hydrogen-bond acceptors (Lipinski definition) is 7. The third kappa shape index (κ3) is 3.46. The molecular weight excluding hydrogens is 436 g/mol. The summed E-state index contributed by atoms with van der Waals surface area (Å²) in [5.74, 6) is 0.979. The summed E-state index contributed by atoms with van der Waals surface area (Å²) in [6.45, 7) is 0. The fraction of sp³-hybridized carbons (Fsp3) is 0.185. The van der Waals surface area contributed by atoms with E-state index in [1.165, 1.54) is 20.5 Å². The second-order valence-corrected chi connectivity index (χ2v) is 7.88. The van der Waals surface area contributed by atoms with Gasteiger partial charge in [-0.2, -0.15) is 0 Å². The summed E-state index contributed by atoms with van der Waals surface area (Å²) >= 11 is 0. The van der Waals surface area contributed by atoms with Crippen molar-refractivity contribution in [3.05, 3.63) is 82.2 Å². The summed E-state index contributed by atoms with van der Waals surface area (Å²) < 4.78 is 28.1. The van der Waals surface area contributed by atoms with Crippen LogP contribution in [0.2, 0.25) is 0 Å². The van der Waals surface area contributed by atoms with Crippen molar-refractivity contribution in [1.29, 1.82) is 0 Å². The van der Waals surface area contributed by atoms with E-state index in [1.807, 2.05) is 30.3 Å². The highest BCUT2D eigenvalue weighted by Crippen LogP contribution is 2.47. The number of benzene rings is 3. The number of rotatable bonds is 5. The second kappa shape index (κ2) is 8.59. The zero-order chi connectivity index (χ0) is 23.8. The summed E-state index contributed by atoms with van der Waals surface area (Å²) in [4.78, 5) is 25.9. The van der Waals surface area contributed by atoms with Crippen molar-refractivity contribution >= 4 is 16.9 Å². The van der Waals surface area contributed by atoms with Crippen molar-refractivity contribution in [2.45, 2.75) is 12.3 Å². The first-order valence-electron chi connectivity index (χ1n) is 10.7. The molecule has 5 rings (SSSR count). The summed E-state index contributed by atoms with van der Waals surface area (Å²) in [7, 11) is 4.62. The van der Waals surface area contributed by atoms with Crippen LogP contribution in [-0.2, 0) is 4.79 Å². The smallest absolute Gasteiger partial charge is 0.312 e. The molecule has 2 heterocycles. The Morgan fingerprint density at radius 2 is 1.56 bits per heavy atom. The lowest BCUT2D eigenvalue weighted by molar-refractivity contribution is -0.135. The molecule has 172 valence electrons. The van der Waals surface area contributed by atoms with Gasteiger partial charge in [0.15, 0.2) is 11.5 Å². The minimum atomic E-state index is -0.486. The lowest BCUT2D eigenvalue weighted by Crippen LogP contribution is -2.22. The van der Waals surface area contributed by atoms with Gasteiger partial charge in [0.2, 0.25) is 5.43 Å². The van der Waals surface area contributed by atoms with Crippen LogP contribution in [0, 0.1) is 0 Å². The Morgan fingerprint density at radius 3 is 2.26 bits per heavy atom. The van der Waals surface area contributed by atoms with Crippen LogP contribution < -0.4 is 24.4 Å². The molecule has 0 unspecified atom stereocenters. The number of ether oxygens (including phenoxy) is 4. The van der Waals surface area contributed by atoms with E-state index in [2.05, 4.69) is 0 Å². The minimum Gasteiger partial charge on any atom is -0.496 e. The van der Waals surface area contributed by atoms with Crippen LogP contribution >= 0.6 is 0 Å². The number of carbonyl (C=O) groups excluding carboxylic acids is 1. The summed E-state index contributed by atoms with van der Waals surface area (Å²) in [6.07, 6.45) is 1.50. The van der Waals surface area contributed by atoms with Gasteiger partial charge in [0, 0.05) is 23.1 Å². The molecule has 1 atom stereocenters. The Hall–Kier alpha value is -4.26. The summed E-state index contributed by atoms with van der Waals surface area (Å²) in [5.41, 5.74) is 2.74. The lowest BCUT2D eigenvalue weighted by Gasteiger charge is -2.27. The predicted molar refractivity (Wildman–Crippen MR) is 126 cm³/mol. The number of fused-ring (bicyclic) bond motifs is 3. The van der Waals surface area contributed by atoms with Gasteiger partial charge in [-0.15, -0.1) is 0 Å². The first-order chi connectivity index (χ1) is 16.5. The molecule has 3 aromatic carbocycles. The lowest BCUT2D eigenvalue weighted by atomic mass is 9.84. The van der Waals surface area contributed by atoms with Gasteiger partial charge in [-0.05, 0) is 23.8 Å². The van der Waals surface area contributed by atoms with Crippen molar-refractivity contribution in [2.75, 3.05) is 21.3 Å². The third-order valence-corrected chi connectivity index (χ3v) is 6.08. The Bertz CT molecular complexity index is 1450. The van der Waals surface area contributed by atoms with Crippen molar-refractivity contribution < 1.29 is 28.2 Å². The average molecular weight is 458 g/mol. The van der Waals surface area contributed by atoms with Gasteiger partial charge in [-0.3, -0.25) is 9.59 Å². The second-order valence-electron chi connectivity index (χ2n) is 7.88. The van der Waals surface area contributed by atoms with Gasteiger partial charge in [-0.25, -0.2) is 0 Å². The molecule has 0 N–H and O–H groups in total. The largest absolute Gasteiger partial charge is 0.496 e. The van der Waals surface area contributed by atoms with Gasteiger partial charge in [-0.1, -0.05) is 30.3 Å². The molecule has 1 aliphatic rings. The van der Waals surface area contributed by atoms with Gasteiger partial charge in [0.1, 0.15) is 23.3 Å². The Kier molecular flexibility index (Phi) is 5.45. The monoisotopic (exact) mass is 458 g/mol. The van der Waals surface area contributed by atoms with E-state index in [0.717, 1.165) is 5.56 Å². The number of esters is 1. The first-order valence-corrected chi connectivity index (χ1v) is 10.7. The topological polar surface area (TPSA) is 84.2 Å². The third-order valence-electron chi connectivity index (χ3n) is 6.08. The molecule has 0 amide bonds. The SMILES string of the molecule is COc1cc(OC)c([C@@H]2CC(=O)Oc3ccc4c(=O)c(-c5ccccc5)coc4c32)cc1OC. The van der Waals surface area contributed by atoms with Gasteiger partial charge in [0.25, 0.3) is 0 Å². The summed E-state index contributed by atoms with van der Waals surface area (Å²) in [6, 6.07) is 16.1. The average Bonchev–Trinajstić information content (AvgIpc) is 2.87. The number of methoxy groups -OCH3 is 3. The number of hydrogen-bond donors (Lipinski definition) is 0. The van der Waals surface area contributed by atoms with Crippen LogP contribution in [0.25, 0.3) is 22.1 Å². The minimum absolute atomic E-state index is 0.0438. The van der Waals surface area contributed by atoms with E-state index in [1.54, 1.807) is 31.4 Å². The van der Waals surface area contributed by atoms with E-state index < -0.39 is 11.9 Å². The van der Waals surface area contributed by atoms with Crippen LogP contribution in [0.15, 0.2) is 70.1 Å². The van der Waals surface area contributed by atoms with E-state index >= 15 is 0 Å². The maximum atomic E-state index is 13.4. The Balaban J connectivity index is 1.76. The van der Waals surface area contributed by atoms with Crippen LogP contribution in [0.3, 0.4) is 0 Å². The van der Waals surface area contributed by atoms with Gasteiger partial charge < -0.3 is 23.4 Å². The van der Waals surface area contributed by atoms with Crippen LogP contribution in [-0.4, -0.2) is 27.3 Å².